The van der Waals surface area contributed by atoms with E-state index >= 15 is 0 Å². The topological polar surface area (TPSA) is 186 Å². The second kappa shape index (κ2) is 17.5. The van der Waals surface area contributed by atoms with E-state index in [1.54, 1.807) is 43.5 Å². The van der Waals surface area contributed by atoms with E-state index in [1.807, 2.05) is 24.3 Å². The van der Waals surface area contributed by atoms with Crippen molar-refractivity contribution >= 4 is 71.1 Å². The van der Waals surface area contributed by atoms with Gasteiger partial charge in [-0.2, -0.15) is 4.98 Å². The summed E-state index contributed by atoms with van der Waals surface area (Å²) in [6.07, 6.45) is 3.91. The first-order valence-electron chi connectivity index (χ1n) is 18.5. The van der Waals surface area contributed by atoms with Crippen LogP contribution >= 0.6 is 19.2 Å². The fourth-order valence-corrected chi connectivity index (χ4v) is 8.62. The quantitative estimate of drug-likeness (QED) is 0.0703. The largest absolute Gasteiger partial charge is 0.494 e. The first-order valence-corrected chi connectivity index (χ1v) is 20.5. The summed E-state index contributed by atoms with van der Waals surface area (Å²) in [5.41, 5.74) is 3.52. The first-order chi connectivity index (χ1) is 27.6. The first kappa shape index (κ1) is 40.0. The summed E-state index contributed by atoms with van der Waals surface area (Å²) in [4.78, 5) is 49.7. The molecule has 1 aromatic heterocycles. The second-order valence-electron chi connectivity index (χ2n) is 13.7. The van der Waals surface area contributed by atoms with Gasteiger partial charge in [-0.05, 0) is 67.3 Å². The lowest BCUT2D eigenvalue weighted by atomic mass is 10.0. The van der Waals surface area contributed by atoms with Gasteiger partial charge in [0.2, 0.25) is 17.8 Å². The highest BCUT2D eigenvalue weighted by Gasteiger charge is 2.39. The van der Waals surface area contributed by atoms with Crippen molar-refractivity contribution in [3.8, 4) is 11.5 Å². The molecule has 18 heteroatoms. The number of fused-ring (bicyclic) bond motifs is 1. The molecule has 0 radical (unpaired) electrons. The summed E-state index contributed by atoms with van der Waals surface area (Å²) in [6.45, 7) is 3.14. The molecule has 0 aliphatic carbocycles. The molecule has 3 aromatic carbocycles. The minimum absolute atomic E-state index is 0.203. The van der Waals surface area contributed by atoms with Gasteiger partial charge in [0.1, 0.15) is 29.2 Å². The van der Waals surface area contributed by atoms with E-state index in [0.29, 0.717) is 71.7 Å². The lowest BCUT2D eigenvalue weighted by molar-refractivity contribution is -0.136. The van der Waals surface area contributed by atoms with Crippen LogP contribution in [-0.2, 0) is 29.7 Å². The van der Waals surface area contributed by atoms with Crippen LogP contribution in [0.4, 0.5) is 28.8 Å². The van der Waals surface area contributed by atoms with Crippen molar-refractivity contribution in [1.82, 2.24) is 25.5 Å². The number of nitrogens with one attached hydrogen (secondary N) is 4. The van der Waals surface area contributed by atoms with Crippen molar-refractivity contribution in [2.45, 2.75) is 44.3 Å². The molecule has 16 nitrogen and oxygen atoms in total. The van der Waals surface area contributed by atoms with E-state index in [0.717, 1.165) is 37.2 Å². The number of anilines is 5. The number of hydrogen-bond donors (Lipinski definition) is 4. The number of rotatable bonds is 15. The van der Waals surface area contributed by atoms with Crippen LogP contribution < -0.4 is 40.9 Å². The van der Waals surface area contributed by atoms with Gasteiger partial charge in [0.25, 0.3) is 5.91 Å². The molecule has 0 spiro atoms. The van der Waals surface area contributed by atoms with Crippen LogP contribution in [0.1, 0.15) is 41.6 Å². The van der Waals surface area contributed by atoms with Crippen molar-refractivity contribution in [3.63, 3.8) is 0 Å². The van der Waals surface area contributed by atoms with Crippen molar-refractivity contribution < 1.29 is 37.5 Å². The molecule has 3 aliphatic rings. The third-order valence-electron chi connectivity index (χ3n) is 10.3. The molecule has 300 valence electrons. The number of para-hydroxylation sites is 1. The molecule has 0 saturated carbocycles. The predicted octanol–water partition coefficient (Wildman–Crippen LogP) is 5.14. The summed E-state index contributed by atoms with van der Waals surface area (Å²) in [5.74, 6) is 0.906. The van der Waals surface area contributed by atoms with Gasteiger partial charge in [-0.3, -0.25) is 24.3 Å². The van der Waals surface area contributed by atoms with Crippen molar-refractivity contribution in [2.75, 3.05) is 63.1 Å². The summed E-state index contributed by atoms with van der Waals surface area (Å²) in [6, 6.07) is 17.9. The van der Waals surface area contributed by atoms with E-state index in [4.69, 9.17) is 30.1 Å². The molecular formula is C39H44ClN8O8P. The van der Waals surface area contributed by atoms with Crippen LogP contribution in [0.15, 0.2) is 66.9 Å². The number of aromatic nitrogens is 2. The lowest BCUT2D eigenvalue weighted by Crippen LogP contribution is -2.52. The third kappa shape index (κ3) is 8.85. The second-order valence-corrected chi connectivity index (χ2v) is 16.3. The fourth-order valence-electron chi connectivity index (χ4n) is 7.25. The Kier molecular flexibility index (Phi) is 12.3. The van der Waals surface area contributed by atoms with E-state index in [2.05, 4.69) is 36.1 Å². The standard InChI is InChI=1S/C39H44ClN8O8P/c1-53-33-21-26(8-11-30(33)44-39-42-22-29(40)36(46-39)43-31-6-4-5-7-34(31)57(52,54-2)55-3)47-17-14-25(15-18-47)41-16-19-56-27-9-10-28-24(20-27)23-48(38(28)51)32-12-13-35(49)45-37(32)50/h4-11,20-22,25,32,41H,12-19,23H2,1-3H3,(H,45,49,50)(H2,42,43,44,46). The van der Waals surface area contributed by atoms with Crippen LogP contribution in [0.2, 0.25) is 5.02 Å². The highest BCUT2D eigenvalue weighted by molar-refractivity contribution is 7.62. The number of nitrogens with zero attached hydrogens (tertiary/aromatic N) is 4. The zero-order valence-electron chi connectivity index (χ0n) is 31.7. The molecule has 2 saturated heterocycles. The summed E-state index contributed by atoms with van der Waals surface area (Å²) >= 11 is 6.46. The molecule has 4 heterocycles. The van der Waals surface area contributed by atoms with E-state index < -0.39 is 19.5 Å². The van der Waals surface area contributed by atoms with Gasteiger partial charge in [0.15, 0.2) is 5.82 Å². The summed E-state index contributed by atoms with van der Waals surface area (Å²) in [5, 5.41) is 12.9. The predicted molar refractivity (Wildman–Crippen MR) is 216 cm³/mol. The molecular weight excluding hydrogens is 775 g/mol. The van der Waals surface area contributed by atoms with Gasteiger partial charge in [0.05, 0.1) is 30.0 Å². The fraction of sp³-hybridized carbons (Fsp3) is 0.359. The summed E-state index contributed by atoms with van der Waals surface area (Å²) in [7, 11) is 0.692. The van der Waals surface area contributed by atoms with Gasteiger partial charge in [-0.15, -0.1) is 0 Å². The number of amides is 3. The molecule has 3 amide bonds. The molecule has 2 fully saturated rings. The number of benzene rings is 3. The average Bonchev–Trinajstić information content (AvgIpc) is 3.55. The monoisotopic (exact) mass is 818 g/mol. The Morgan fingerprint density at radius 2 is 1.74 bits per heavy atom. The Labute approximate surface area is 335 Å². The molecule has 0 bridgehead atoms. The number of piperidine rings is 2. The van der Waals surface area contributed by atoms with Crippen LogP contribution in [0.25, 0.3) is 0 Å². The Morgan fingerprint density at radius 3 is 2.49 bits per heavy atom. The van der Waals surface area contributed by atoms with Gasteiger partial charge in [-0.1, -0.05) is 23.7 Å². The Morgan fingerprint density at radius 1 is 0.947 bits per heavy atom. The summed E-state index contributed by atoms with van der Waals surface area (Å²) < 4.78 is 35.3. The zero-order chi connectivity index (χ0) is 40.1. The van der Waals surface area contributed by atoms with Crippen molar-refractivity contribution in [3.05, 3.63) is 83.0 Å². The van der Waals surface area contributed by atoms with Crippen molar-refractivity contribution in [1.29, 1.82) is 0 Å². The number of halogens is 1. The Balaban J connectivity index is 0.892. The van der Waals surface area contributed by atoms with E-state index in [-0.39, 0.29) is 29.2 Å². The minimum Gasteiger partial charge on any atom is -0.494 e. The SMILES string of the molecule is COc1cc(N2CCC(NCCOc3ccc4c(c3)CN(C3CCC(=O)NC3=O)C4=O)CC2)ccc1Nc1ncc(Cl)c(Nc2ccccc2P(=O)(OC)OC)n1. The Bertz CT molecular complexity index is 2200. The number of carbonyl (C=O) groups is 3. The van der Waals surface area contributed by atoms with E-state index in [9.17, 15) is 18.9 Å². The molecule has 1 atom stereocenters. The number of imide groups is 1. The molecule has 57 heavy (non-hydrogen) atoms. The van der Waals surface area contributed by atoms with Gasteiger partial charge < -0.3 is 44.3 Å². The van der Waals surface area contributed by atoms with Gasteiger partial charge in [0, 0.05) is 70.2 Å². The number of methoxy groups -OCH3 is 1. The number of carbonyl (C=O) groups excluding carboxylic acids is 3. The normalized spacial score (nSPS) is 17.3. The van der Waals surface area contributed by atoms with Crippen LogP contribution in [0, 0.1) is 0 Å². The average molecular weight is 819 g/mol. The maximum absolute atomic E-state index is 13.2. The molecule has 3 aliphatic heterocycles. The maximum atomic E-state index is 13.2. The molecule has 4 aromatic rings. The highest BCUT2D eigenvalue weighted by Crippen LogP contribution is 2.47. The number of ether oxygens (including phenoxy) is 2. The third-order valence-corrected chi connectivity index (χ3v) is 12.5. The minimum atomic E-state index is -3.57. The Hall–Kier alpha value is -5.25. The van der Waals surface area contributed by atoms with Crippen molar-refractivity contribution in [2.24, 2.45) is 0 Å². The van der Waals surface area contributed by atoms with Gasteiger partial charge >= 0.3 is 7.60 Å². The number of hydrogen-bond acceptors (Lipinski definition) is 14. The zero-order valence-corrected chi connectivity index (χ0v) is 33.4. The highest BCUT2D eigenvalue weighted by atomic mass is 35.5. The van der Waals surface area contributed by atoms with Crippen LogP contribution in [0.5, 0.6) is 11.5 Å². The smallest absolute Gasteiger partial charge is 0.362 e. The van der Waals surface area contributed by atoms with Crippen LogP contribution in [-0.4, -0.2) is 92.2 Å². The van der Waals surface area contributed by atoms with Gasteiger partial charge in [-0.25, -0.2) is 4.98 Å². The van der Waals surface area contributed by atoms with Crippen LogP contribution in [0.3, 0.4) is 0 Å². The maximum Gasteiger partial charge on any atom is 0.362 e. The molecule has 4 N–H and O–H groups in total. The molecule has 1 unspecified atom stereocenters. The van der Waals surface area contributed by atoms with E-state index in [1.165, 1.54) is 25.3 Å². The lowest BCUT2D eigenvalue weighted by Gasteiger charge is -2.34. The molecule has 7 rings (SSSR count).